The van der Waals surface area contributed by atoms with Gasteiger partial charge in [0.25, 0.3) is 0 Å². The minimum Gasteiger partial charge on any atom is -0.265 e. The van der Waals surface area contributed by atoms with E-state index >= 15 is 0 Å². The van der Waals surface area contributed by atoms with Gasteiger partial charge in [-0.25, -0.2) is 9.97 Å². The molecule has 0 aliphatic rings. The molecule has 0 saturated carbocycles. The van der Waals surface area contributed by atoms with Crippen molar-refractivity contribution in [2.75, 3.05) is 0 Å². The number of hydrogen-bond donors (Lipinski definition) is 0. The Bertz CT molecular complexity index is 2120. The smallest absolute Gasteiger partial charge is 0.160 e. The standard InChI is InChI=1S/C40H26N4/c1-3-9-30-21-32(14-12-27(30)7-1)38-26-39(33-15-13-28-8-2-4-10-31(28)22-33)44-40(43-38)36-24-34(29-16-19-41-20-17-29)23-35(25-36)37-11-5-6-18-42-37/h1-26H. The second-order valence-electron chi connectivity index (χ2n) is 10.8. The summed E-state index contributed by atoms with van der Waals surface area (Å²) in [5.41, 5.74) is 8.78. The van der Waals surface area contributed by atoms with Crippen molar-refractivity contribution in [2.45, 2.75) is 0 Å². The van der Waals surface area contributed by atoms with Crippen molar-refractivity contribution < 1.29 is 0 Å². The number of nitrogens with zero attached hydrogens (tertiary/aromatic N) is 4. The lowest BCUT2D eigenvalue weighted by Crippen LogP contribution is -1.97. The molecule has 8 rings (SSSR count). The summed E-state index contributed by atoms with van der Waals surface area (Å²) in [6, 6.07) is 48.4. The van der Waals surface area contributed by atoms with E-state index in [1.807, 2.05) is 48.9 Å². The molecule has 0 atom stereocenters. The van der Waals surface area contributed by atoms with Gasteiger partial charge in [0.1, 0.15) is 0 Å². The monoisotopic (exact) mass is 562 g/mol. The summed E-state index contributed by atoms with van der Waals surface area (Å²) in [6.45, 7) is 0. The Morgan fingerprint density at radius 3 is 1.50 bits per heavy atom. The second-order valence-corrected chi connectivity index (χ2v) is 10.8. The molecule has 0 aliphatic heterocycles. The minimum atomic E-state index is 0.659. The van der Waals surface area contributed by atoms with Gasteiger partial charge in [-0.3, -0.25) is 9.97 Å². The fraction of sp³-hybridized carbons (Fsp3) is 0. The highest BCUT2D eigenvalue weighted by atomic mass is 14.9. The summed E-state index contributed by atoms with van der Waals surface area (Å²) >= 11 is 0. The topological polar surface area (TPSA) is 51.6 Å². The highest BCUT2D eigenvalue weighted by molar-refractivity contribution is 5.89. The first-order valence-corrected chi connectivity index (χ1v) is 14.6. The van der Waals surface area contributed by atoms with Crippen molar-refractivity contribution in [3.8, 4) is 56.3 Å². The first kappa shape index (κ1) is 25.7. The number of rotatable bonds is 5. The van der Waals surface area contributed by atoms with Crippen LogP contribution in [-0.2, 0) is 0 Å². The van der Waals surface area contributed by atoms with Gasteiger partial charge in [0, 0.05) is 40.8 Å². The Kier molecular flexibility index (Phi) is 6.43. The SMILES string of the molecule is c1ccc(-c2cc(-c3ccncc3)cc(-c3nc(-c4ccc5ccccc5c4)cc(-c4ccc5ccccc5c4)n3)c2)nc1. The van der Waals surface area contributed by atoms with Crippen molar-refractivity contribution in [3.63, 3.8) is 0 Å². The van der Waals surface area contributed by atoms with Crippen molar-refractivity contribution >= 4 is 21.5 Å². The van der Waals surface area contributed by atoms with E-state index < -0.39 is 0 Å². The number of fused-ring (bicyclic) bond motifs is 2. The molecular weight excluding hydrogens is 536 g/mol. The summed E-state index contributed by atoms with van der Waals surface area (Å²) in [4.78, 5) is 19.3. The highest BCUT2D eigenvalue weighted by Gasteiger charge is 2.15. The zero-order valence-electron chi connectivity index (χ0n) is 23.8. The molecule has 206 valence electrons. The molecule has 0 N–H and O–H groups in total. The van der Waals surface area contributed by atoms with E-state index in [4.69, 9.17) is 9.97 Å². The van der Waals surface area contributed by atoms with Gasteiger partial charge in [-0.05, 0) is 93.3 Å². The maximum atomic E-state index is 5.19. The molecule has 3 aromatic heterocycles. The first-order chi connectivity index (χ1) is 21.8. The van der Waals surface area contributed by atoms with E-state index in [-0.39, 0.29) is 0 Å². The summed E-state index contributed by atoms with van der Waals surface area (Å²) in [6.07, 6.45) is 5.46. The van der Waals surface area contributed by atoms with Crippen LogP contribution in [-0.4, -0.2) is 19.9 Å². The van der Waals surface area contributed by atoms with E-state index in [0.717, 1.165) is 50.5 Å². The van der Waals surface area contributed by atoms with Gasteiger partial charge in [-0.1, -0.05) is 78.9 Å². The van der Waals surface area contributed by atoms with Crippen LogP contribution in [0.4, 0.5) is 0 Å². The van der Waals surface area contributed by atoms with Crippen LogP contribution in [0.2, 0.25) is 0 Å². The largest absolute Gasteiger partial charge is 0.265 e. The van der Waals surface area contributed by atoms with Crippen LogP contribution in [0.5, 0.6) is 0 Å². The fourth-order valence-corrected chi connectivity index (χ4v) is 5.72. The molecule has 0 radical (unpaired) electrons. The van der Waals surface area contributed by atoms with Gasteiger partial charge in [0.05, 0.1) is 17.1 Å². The van der Waals surface area contributed by atoms with Gasteiger partial charge >= 0.3 is 0 Å². The molecule has 0 amide bonds. The molecule has 0 fully saturated rings. The van der Waals surface area contributed by atoms with Crippen LogP contribution in [0, 0.1) is 0 Å². The van der Waals surface area contributed by atoms with E-state index in [0.29, 0.717) is 5.82 Å². The average Bonchev–Trinajstić information content (AvgIpc) is 3.11. The predicted molar refractivity (Wildman–Crippen MR) is 180 cm³/mol. The van der Waals surface area contributed by atoms with Gasteiger partial charge in [0.2, 0.25) is 0 Å². The third kappa shape index (κ3) is 4.99. The molecule has 4 heteroatoms. The Hall–Kier alpha value is -6.00. The van der Waals surface area contributed by atoms with Crippen LogP contribution in [0.25, 0.3) is 77.8 Å². The molecule has 0 aliphatic carbocycles. The first-order valence-electron chi connectivity index (χ1n) is 14.6. The van der Waals surface area contributed by atoms with Gasteiger partial charge in [-0.2, -0.15) is 0 Å². The summed E-state index contributed by atoms with van der Waals surface area (Å²) < 4.78 is 0. The van der Waals surface area contributed by atoms with Crippen LogP contribution in [0.3, 0.4) is 0 Å². The summed E-state index contributed by atoms with van der Waals surface area (Å²) in [7, 11) is 0. The van der Waals surface area contributed by atoms with Crippen molar-refractivity contribution in [3.05, 3.63) is 158 Å². The van der Waals surface area contributed by atoms with E-state index in [1.54, 1.807) is 0 Å². The van der Waals surface area contributed by atoms with Crippen molar-refractivity contribution in [1.82, 2.24) is 19.9 Å². The third-order valence-electron chi connectivity index (χ3n) is 7.98. The lowest BCUT2D eigenvalue weighted by Gasteiger charge is -2.13. The lowest BCUT2D eigenvalue weighted by molar-refractivity contribution is 1.18. The minimum absolute atomic E-state index is 0.659. The second kappa shape index (κ2) is 11.0. The number of aromatic nitrogens is 4. The highest BCUT2D eigenvalue weighted by Crippen LogP contribution is 2.34. The van der Waals surface area contributed by atoms with Gasteiger partial charge < -0.3 is 0 Å². The van der Waals surface area contributed by atoms with Crippen molar-refractivity contribution in [2.24, 2.45) is 0 Å². The van der Waals surface area contributed by atoms with Crippen LogP contribution in [0.1, 0.15) is 0 Å². The van der Waals surface area contributed by atoms with Crippen molar-refractivity contribution in [1.29, 1.82) is 0 Å². The summed E-state index contributed by atoms with van der Waals surface area (Å²) in [5, 5.41) is 4.75. The third-order valence-corrected chi connectivity index (χ3v) is 7.98. The predicted octanol–water partition coefficient (Wildman–Crippen LogP) is 9.91. The van der Waals surface area contributed by atoms with E-state index in [1.165, 1.54) is 21.5 Å². The van der Waals surface area contributed by atoms with Crippen LogP contribution >= 0.6 is 0 Å². The molecule has 5 aromatic carbocycles. The Labute approximate surface area is 255 Å². The number of pyridine rings is 2. The lowest BCUT2D eigenvalue weighted by atomic mass is 9.97. The normalized spacial score (nSPS) is 11.2. The Balaban J connectivity index is 1.36. The molecule has 0 unspecified atom stereocenters. The Morgan fingerprint density at radius 1 is 0.318 bits per heavy atom. The fourth-order valence-electron chi connectivity index (χ4n) is 5.72. The van der Waals surface area contributed by atoms with E-state index in [2.05, 4.69) is 119 Å². The molecule has 4 nitrogen and oxygen atoms in total. The molecule has 44 heavy (non-hydrogen) atoms. The van der Waals surface area contributed by atoms with E-state index in [9.17, 15) is 0 Å². The molecule has 0 spiro atoms. The van der Waals surface area contributed by atoms with Gasteiger partial charge in [0.15, 0.2) is 5.82 Å². The zero-order valence-corrected chi connectivity index (χ0v) is 23.8. The molecular formula is C40H26N4. The maximum Gasteiger partial charge on any atom is 0.160 e. The number of benzene rings is 5. The average molecular weight is 563 g/mol. The quantitative estimate of drug-likeness (QED) is 0.209. The number of hydrogen-bond acceptors (Lipinski definition) is 4. The maximum absolute atomic E-state index is 5.19. The zero-order chi connectivity index (χ0) is 29.3. The van der Waals surface area contributed by atoms with Crippen LogP contribution in [0.15, 0.2) is 158 Å². The van der Waals surface area contributed by atoms with Crippen LogP contribution < -0.4 is 0 Å². The molecule has 0 saturated heterocycles. The Morgan fingerprint density at radius 2 is 0.886 bits per heavy atom. The molecule has 3 heterocycles. The summed E-state index contributed by atoms with van der Waals surface area (Å²) in [5.74, 6) is 0.659. The van der Waals surface area contributed by atoms with Gasteiger partial charge in [-0.15, -0.1) is 0 Å². The molecule has 8 aromatic rings. The molecule has 0 bridgehead atoms.